The van der Waals surface area contributed by atoms with Crippen LogP contribution in [0.1, 0.15) is 37.8 Å². The minimum absolute atomic E-state index is 0.294. The molecule has 1 aromatic carbocycles. The second kappa shape index (κ2) is 6.67. The van der Waals surface area contributed by atoms with Crippen molar-refractivity contribution in [2.24, 2.45) is 11.7 Å². The maximum atomic E-state index is 6.07. The Labute approximate surface area is 127 Å². The second-order valence-electron chi connectivity index (χ2n) is 6.09. The Morgan fingerprint density at radius 3 is 2.86 bits per heavy atom. The van der Waals surface area contributed by atoms with Crippen LogP contribution in [0.5, 0.6) is 11.5 Å². The first kappa shape index (κ1) is 14.7. The molecule has 4 nitrogen and oxygen atoms in total. The summed E-state index contributed by atoms with van der Waals surface area (Å²) >= 11 is 0. The Bertz CT molecular complexity index is 478. The minimum atomic E-state index is 0.294. The van der Waals surface area contributed by atoms with E-state index in [2.05, 4.69) is 24.0 Å². The number of nitrogens with two attached hydrogens (primary N) is 1. The first-order valence-corrected chi connectivity index (χ1v) is 8.15. The molecule has 116 valence electrons. The number of fused-ring (bicyclic) bond motifs is 1. The number of rotatable bonds is 5. The zero-order valence-corrected chi connectivity index (χ0v) is 12.9. The van der Waals surface area contributed by atoms with E-state index in [1.165, 1.54) is 31.4 Å². The van der Waals surface area contributed by atoms with Crippen LogP contribution in [-0.4, -0.2) is 37.7 Å². The number of ether oxygens (including phenoxy) is 2. The Morgan fingerprint density at radius 2 is 2.10 bits per heavy atom. The van der Waals surface area contributed by atoms with Crippen LogP contribution >= 0.6 is 0 Å². The van der Waals surface area contributed by atoms with Gasteiger partial charge < -0.3 is 15.2 Å². The maximum Gasteiger partial charge on any atom is 0.161 e. The van der Waals surface area contributed by atoms with Crippen LogP contribution in [0.15, 0.2) is 18.2 Å². The molecule has 2 aliphatic heterocycles. The molecule has 0 amide bonds. The molecule has 2 aliphatic rings. The lowest BCUT2D eigenvalue weighted by atomic mass is 10.0. The van der Waals surface area contributed by atoms with E-state index in [0.29, 0.717) is 25.8 Å². The normalized spacial score (nSPS) is 23.2. The molecule has 0 bridgehead atoms. The first-order chi connectivity index (χ1) is 10.3. The lowest BCUT2D eigenvalue weighted by Crippen LogP contribution is -2.32. The highest BCUT2D eigenvalue weighted by Crippen LogP contribution is 2.35. The zero-order valence-electron chi connectivity index (χ0n) is 12.9. The first-order valence-electron chi connectivity index (χ1n) is 8.15. The zero-order chi connectivity index (χ0) is 14.7. The van der Waals surface area contributed by atoms with Gasteiger partial charge >= 0.3 is 0 Å². The third-order valence-corrected chi connectivity index (χ3v) is 4.63. The van der Waals surface area contributed by atoms with Crippen molar-refractivity contribution in [2.45, 2.75) is 32.2 Å². The molecule has 1 aromatic rings. The minimum Gasteiger partial charge on any atom is -0.486 e. The van der Waals surface area contributed by atoms with Crippen LogP contribution in [0.25, 0.3) is 0 Å². The highest BCUT2D eigenvalue weighted by Gasteiger charge is 2.28. The van der Waals surface area contributed by atoms with Crippen molar-refractivity contribution in [1.82, 2.24) is 4.90 Å². The van der Waals surface area contributed by atoms with E-state index in [1.54, 1.807) is 0 Å². The number of nitrogens with zero attached hydrogens (tertiary/aromatic N) is 1. The van der Waals surface area contributed by atoms with Crippen molar-refractivity contribution in [3.63, 3.8) is 0 Å². The van der Waals surface area contributed by atoms with Gasteiger partial charge in [0.25, 0.3) is 0 Å². The number of hydrogen-bond donors (Lipinski definition) is 1. The molecule has 2 unspecified atom stereocenters. The average Bonchev–Trinajstić information content (AvgIpc) is 2.97. The number of likely N-dealkylation sites (tertiary alicyclic amines) is 1. The molecule has 0 spiro atoms. The van der Waals surface area contributed by atoms with Gasteiger partial charge in [-0.15, -0.1) is 0 Å². The molecule has 2 N–H and O–H groups in total. The molecule has 0 saturated carbocycles. The molecule has 0 aromatic heterocycles. The second-order valence-corrected chi connectivity index (χ2v) is 6.09. The van der Waals surface area contributed by atoms with Gasteiger partial charge in [0.2, 0.25) is 0 Å². The van der Waals surface area contributed by atoms with Crippen molar-refractivity contribution < 1.29 is 9.47 Å². The summed E-state index contributed by atoms with van der Waals surface area (Å²) < 4.78 is 11.3. The highest BCUT2D eigenvalue weighted by molar-refractivity contribution is 5.44. The summed E-state index contributed by atoms with van der Waals surface area (Å²) in [6.45, 7) is 6.51. The highest BCUT2D eigenvalue weighted by atomic mass is 16.6. The van der Waals surface area contributed by atoms with Gasteiger partial charge in [-0.25, -0.2) is 0 Å². The summed E-state index contributed by atoms with van der Waals surface area (Å²) in [5.74, 6) is 2.55. The molecule has 1 saturated heterocycles. The van der Waals surface area contributed by atoms with Gasteiger partial charge in [-0.05, 0) is 43.0 Å². The van der Waals surface area contributed by atoms with Crippen molar-refractivity contribution in [3.05, 3.63) is 23.8 Å². The van der Waals surface area contributed by atoms with Crippen LogP contribution in [0.3, 0.4) is 0 Å². The summed E-state index contributed by atoms with van der Waals surface area (Å²) in [7, 11) is 0. The summed E-state index contributed by atoms with van der Waals surface area (Å²) in [5.41, 5.74) is 7.32. The van der Waals surface area contributed by atoms with Crippen LogP contribution in [0.2, 0.25) is 0 Å². The summed E-state index contributed by atoms with van der Waals surface area (Å²) in [6, 6.07) is 6.56. The molecular weight excluding hydrogens is 264 g/mol. The van der Waals surface area contributed by atoms with E-state index >= 15 is 0 Å². The van der Waals surface area contributed by atoms with Gasteiger partial charge in [-0.1, -0.05) is 19.4 Å². The fraction of sp³-hybridized carbons (Fsp3) is 0.647. The lowest BCUT2D eigenvalue weighted by molar-refractivity contribution is 0.170. The van der Waals surface area contributed by atoms with Gasteiger partial charge in [0.15, 0.2) is 11.5 Å². The molecule has 2 atom stereocenters. The smallest absolute Gasteiger partial charge is 0.161 e. The van der Waals surface area contributed by atoms with Gasteiger partial charge in [-0.3, -0.25) is 4.90 Å². The van der Waals surface area contributed by atoms with Gasteiger partial charge in [0.1, 0.15) is 13.2 Å². The van der Waals surface area contributed by atoms with E-state index in [-0.39, 0.29) is 0 Å². The van der Waals surface area contributed by atoms with Crippen LogP contribution in [0.4, 0.5) is 0 Å². The third kappa shape index (κ3) is 3.16. The van der Waals surface area contributed by atoms with E-state index in [9.17, 15) is 0 Å². The van der Waals surface area contributed by atoms with Crippen molar-refractivity contribution in [1.29, 1.82) is 0 Å². The van der Waals surface area contributed by atoms with Crippen LogP contribution in [0, 0.1) is 5.92 Å². The number of benzene rings is 1. The Kier molecular flexibility index (Phi) is 4.66. The van der Waals surface area contributed by atoms with E-state index in [4.69, 9.17) is 15.2 Å². The fourth-order valence-electron chi connectivity index (χ4n) is 3.55. The maximum absolute atomic E-state index is 6.07. The van der Waals surface area contributed by atoms with Crippen molar-refractivity contribution >= 4 is 0 Å². The molecule has 3 rings (SSSR count). The summed E-state index contributed by atoms with van der Waals surface area (Å²) in [4.78, 5) is 2.53. The van der Waals surface area contributed by atoms with E-state index < -0.39 is 0 Å². The molecule has 0 radical (unpaired) electrons. The monoisotopic (exact) mass is 290 g/mol. The van der Waals surface area contributed by atoms with Crippen LogP contribution in [-0.2, 0) is 0 Å². The fourth-order valence-corrected chi connectivity index (χ4v) is 3.55. The SMILES string of the molecule is CCCC1CCN(C(CN)c2ccc3c(c2)OCCO3)C1. The summed E-state index contributed by atoms with van der Waals surface area (Å²) in [5, 5.41) is 0. The lowest BCUT2D eigenvalue weighted by Gasteiger charge is -2.28. The molecule has 4 heteroatoms. The van der Waals surface area contributed by atoms with E-state index in [0.717, 1.165) is 24.0 Å². The van der Waals surface area contributed by atoms with E-state index in [1.807, 2.05) is 6.07 Å². The molecule has 2 heterocycles. The molecular formula is C17H26N2O2. The molecule has 21 heavy (non-hydrogen) atoms. The van der Waals surface area contributed by atoms with Crippen LogP contribution < -0.4 is 15.2 Å². The largest absolute Gasteiger partial charge is 0.486 e. The standard InChI is InChI=1S/C17H26N2O2/c1-2-3-13-6-7-19(12-13)15(11-18)14-4-5-16-17(10-14)21-9-8-20-16/h4-5,10,13,15H,2-3,6-9,11-12,18H2,1H3. The van der Waals surface area contributed by atoms with Gasteiger partial charge in [0, 0.05) is 19.1 Å². The van der Waals surface area contributed by atoms with Gasteiger partial charge in [0.05, 0.1) is 0 Å². The summed E-state index contributed by atoms with van der Waals surface area (Å²) in [6.07, 6.45) is 3.90. The predicted octanol–water partition coefficient (Wildman–Crippen LogP) is 2.58. The number of hydrogen-bond acceptors (Lipinski definition) is 4. The Hall–Kier alpha value is -1.26. The quantitative estimate of drug-likeness (QED) is 0.905. The third-order valence-electron chi connectivity index (χ3n) is 4.63. The van der Waals surface area contributed by atoms with Crippen molar-refractivity contribution in [2.75, 3.05) is 32.8 Å². The average molecular weight is 290 g/mol. The topological polar surface area (TPSA) is 47.7 Å². The molecule has 0 aliphatic carbocycles. The van der Waals surface area contributed by atoms with Crippen molar-refractivity contribution in [3.8, 4) is 11.5 Å². The Balaban J connectivity index is 1.74. The Morgan fingerprint density at radius 1 is 1.29 bits per heavy atom. The van der Waals surface area contributed by atoms with Gasteiger partial charge in [-0.2, -0.15) is 0 Å². The molecule has 1 fully saturated rings. The predicted molar refractivity (Wildman–Crippen MR) is 83.8 cm³/mol.